The van der Waals surface area contributed by atoms with Crippen LogP contribution in [-0.2, 0) is 30.9 Å². The Morgan fingerprint density at radius 2 is 2.00 bits per heavy atom. The molecule has 0 saturated heterocycles. The van der Waals surface area contributed by atoms with Gasteiger partial charge >= 0.3 is 0 Å². The Kier molecular flexibility index (Phi) is 6.75. The molecule has 0 bridgehead atoms. The zero-order chi connectivity index (χ0) is 5.91. The van der Waals surface area contributed by atoms with Gasteiger partial charge in [-0.15, -0.1) is 0 Å². The van der Waals surface area contributed by atoms with Crippen molar-refractivity contribution in [2.45, 2.75) is 26.1 Å². The standard InChI is InChI=1S/C5H12O2.Zr/c1-4-5(2,6)7-3;/h6H,4H2,1-3H3;. The summed E-state index contributed by atoms with van der Waals surface area (Å²) >= 11 is 0. The summed E-state index contributed by atoms with van der Waals surface area (Å²) in [6.45, 7) is 3.50. The molecule has 0 saturated carbocycles. The van der Waals surface area contributed by atoms with E-state index in [-0.39, 0.29) is 26.2 Å². The van der Waals surface area contributed by atoms with E-state index in [0.717, 1.165) is 0 Å². The monoisotopic (exact) mass is 194 g/mol. The van der Waals surface area contributed by atoms with Gasteiger partial charge in [0.05, 0.1) is 0 Å². The van der Waals surface area contributed by atoms with Crippen LogP contribution in [-0.4, -0.2) is 18.0 Å². The van der Waals surface area contributed by atoms with Gasteiger partial charge in [-0.1, -0.05) is 6.92 Å². The first-order chi connectivity index (χ1) is 3.12. The molecule has 0 aliphatic carbocycles. The van der Waals surface area contributed by atoms with Crippen molar-refractivity contribution in [1.82, 2.24) is 0 Å². The fourth-order valence-electron chi connectivity index (χ4n) is 0.144. The minimum atomic E-state index is -0.917. The van der Waals surface area contributed by atoms with E-state index in [1.54, 1.807) is 6.92 Å². The molecule has 0 heterocycles. The molecule has 1 atom stereocenters. The zero-order valence-corrected chi connectivity index (χ0v) is 8.02. The summed E-state index contributed by atoms with van der Waals surface area (Å²) in [5, 5.41) is 8.91. The van der Waals surface area contributed by atoms with Crippen molar-refractivity contribution in [3.63, 3.8) is 0 Å². The normalized spacial score (nSPS) is 16.5. The van der Waals surface area contributed by atoms with Gasteiger partial charge in [-0.3, -0.25) is 0 Å². The van der Waals surface area contributed by atoms with Gasteiger partial charge in [0.15, 0.2) is 5.79 Å². The molecule has 48 valence electrons. The van der Waals surface area contributed by atoms with E-state index >= 15 is 0 Å². The summed E-state index contributed by atoms with van der Waals surface area (Å²) in [7, 11) is 1.49. The second kappa shape index (κ2) is 4.66. The van der Waals surface area contributed by atoms with Crippen LogP contribution in [0.15, 0.2) is 0 Å². The number of rotatable bonds is 2. The third kappa shape index (κ3) is 4.95. The third-order valence-electron chi connectivity index (χ3n) is 1.10. The van der Waals surface area contributed by atoms with E-state index in [1.165, 1.54) is 7.11 Å². The van der Waals surface area contributed by atoms with Gasteiger partial charge in [0.2, 0.25) is 0 Å². The molecule has 0 rings (SSSR count). The largest absolute Gasteiger partial charge is 0.366 e. The summed E-state index contributed by atoms with van der Waals surface area (Å²) in [6.07, 6.45) is 0.628. The summed E-state index contributed by atoms with van der Waals surface area (Å²) in [4.78, 5) is 0. The van der Waals surface area contributed by atoms with Crippen molar-refractivity contribution in [3.8, 4) is 0 Å². The molecule has 3 heteroatoms. The van der Waals surface area contributed by atoms with Crippen LogP contribution in [0.2, 0.25) is 0 Å². The fraction of sp³-hybridized carbons (Fsp3) is 1.00. The molecule has 0 amide bonds. The van der Waals surface area contributed by atoms with Gasteiger partial charge in [0, 0.05) is 33.3 Å². The minimum Gasteiger partial charge on any atom is -0.366 e. The van der Waals surface area contributed by atoms with Crippen LogP contribution in [0.25, 0.3) is 0 Å². The maximum absolute atomic E-state index is 8.91. The molecular weight excluding hydrogens is 183 g/mol. The summed E-state index contributed by atoms with van der Waals surface area (Å²) in [5.41, 5.74) is 0. The van der Waals surface area contributed by atoms with E-state index in [1.807, 2.05) is 6.92 Å². The smallest absolute Gasteiger partial charge is 0.161 e. The first-order valence-corrected chi connectivity index (χ1v) is 2.40. The molecule has 0 aliphatic rings. The van der Waals surface area contributed by atoms with Crippen LogP contribution in [0.4, 0.5) is 0 Å². The SMILES string of the molecule is CCC(C)(O)OC.[Zr]. The van der Waals surface area contributed by atoms with Crippen molar-refractivity contribution in [2.24, 2.45) is 0 Å². The van der Waals surface area contributed by atoms with Crippen LogP contribution in [0.5, 0.6) is 0 Å². The molecular formula is C5H12O2Zr. The third-order valence-corrected chi connectivity index (χ3v) is 1.10. The second-order valence-electron chi connectivity index (χ2n) is 1.73. The van der Waals surface area contributed by atoms with Crippen LogP contribution in [0.3, 0.4) is 0 Å². The van der Waals surface area contributed by atoms with Crippen LogP contribution in [0.1, 0.15) is 20.3 Å². The van der Waals surface area contributed by atoms with Crippen LogP contribution >= 0.6 is 0 Å². The predicted molar refractivity (Wildman–Crippen MR) is 27.9 cm³/mol. The quantitative estimate of drug-likeness (QED) is 0.659. The molecule has 0 fully saturated rings. The summed E-state index contributed by atoms with van der Waals surface area (Å²) < 4.78 is 4.64. The topological polar surface area (TPSA) is 29.5 Å². The van der Waals surface area contributed by atoms with Gasteiger partial charge in [0.1, 0.15) is 0 Å². The van der Waals surface area contributed by atoms with E-state index in [2.05, 4.69) is 4.74 Å². The van der Waals surface area contributed by atoms with Gasteiger partial charge in [-0.2, -0.15) is 0 Å². The van der Waals surface area contributed by atoms with Gasteiger partial charge in [-0.05, 0) is 13.3 Å². The van der Waals surface area contributed by atoms with Crippen molar-refractivity contribution in [1.29, 1.82) is 0 Å². The molecule has 0 spiro atoms. The van der Waals surface area contributed by atoms with Crippen molar-refractivity contribution in [3.05, 3.63) is 0 Å². The van der Waals surface area contributed by atoms with Crippen LogP contribution < -0.4 is 0 Å². The zero-order valence-electron chi connectivity index (χ0n) is 5.56. The van der Waals surface area contributed by atoms with E-state index in [4.69, 9.17) is 5.11 Å². The Labute approximate surface area is 69.4 Å². The van der Waals surface area contributed by atoms with E-state index < -0.39 is 5.79 Å². The number of methoxy groups -OCH3 is 1. The predicted octanol–water partition coefficient (Wildman–Crippen LogP) is 0.749. The molecule has 0 radical (unpaired) electrons. The van der Waals surface area contributed by atoms with E-state index in [9.17, 15) is 0 Å². The van der Waals surface area contributed by atoms with Crippen molar-refractivity contribution in [2.75, 3.05) is 7.11 Å². The molecule has 0 aromatic heterocycles. The number of aliphatic hydroxyl groups is 1. The van der Waals surface area contributed by atoms with Gasteiger partial charge in [-0.25, -0.2) is 0 Å². The number of hydrogen-bond donors (Lipinski definition) is 1. The Bertz CT molecular complexity index is 48.4. The average Bonchev–Trinajstić information content (AvgIpc) is 1.68. The Hall–Kier alpha value is 0.803. The summed E-state index contributed by atoms with van der Waals surface area (Å²) in [6, 6.07) is 0. The van der Waals surface area contributed by atoms with Crippen molar-refractivity contribution < 1.29 is 36.0 Å². The van der Waals surface area contributed by atoms with Crippen molar-refractivity contribution >= 4 is 0 Å². The van der Waals surface area contributed by atoms with Gasteiger partial charge in [0.25, 0.3) is 0 Å². The molecule has 1 unspecified atom stereocenters. The maximum atomic E-state index is 8.91. The molecule has 0 aromatic carbocycles. The van der Waals surface area contributed by atoms with Gasteiger partial charge < -0.3 is 9.84 Å². The first-order valence-electron chi connectivity index (χ1n) is 2.40. The number of hydrogen-bond acceptors (Lipinski definition) is 2. The maximum Gasteiger partial charge on any atom is 0.161 e. The Morgan fingerprint density at radius 3 is 2.00 bits per heavy atom. The molecule has 2 nitrogen and oxygen atoms in total. The molecule has 8 heavy (non-hydrogen) atoms. The first kappa shape index (κ1) is 11.6. The molecule has 0 aromatic rings. The Balaban J connectivity index is 0. The fourth-order valence-corrected chi connectivity index (χ4v) is 0.144. The summed E-state index contributed by atoms with van der Waals surface area (Å²) in [5.74, 6) is -0.917. The van der Waals surface area contributed by atoms with E-state index in [0.29, 0.717) is 6.42 Å². The number of ether oxygens (including phenoxy) is 1. The Morgan fingerprint density at radius 1 is 1.62 bits per heavy atom. The minimum absolute atomic E-state index is 0. The second-order valence-corrected chi connectivity index (χ2v) is 1.73. The van der Waals surface area contributed by atoms with Crippen LogP contribution in [0, 0.1) is 0 Å². The average molecular weight is 195 g/mol. The molecule has 1 N–H and O–H groups in total. The molecule has 0 aliphatic heterocycles.